The topological polar surface area (TPSA) is 15.3 Å². The van der Waals surface area contributed by atoms with Gasteiger partial charge < -0.3 is 10.2 Å². The van der Waals surface area contributed by atoms with Gasteiger partial charge in [0.15, 0.2) is 0 Å². The normalized spacial score (nSPS) is 40.2. The monoisotopic (exact) mass is 280 g/mol. The highest BCUT2D eigenvalue weighted by atomic mass is 15.2. The Balaban J connectivity index is 1.92. The van der Waals surface area contributed by atoms with Crippen molar-refractivity contribution in [1.82, 2.24) is 10.2 Å². The van der Waals surface area contributed by atoms with Crippen molar-refractivity contribution in [1.29, 1.82) is 0 Å². The minimum absolute atomic E-state index is 0.476. The van der Waals surface area contributed by atoms with E-state index in [1.54, 1.807) is 0 Å². The molecule has 0 radical (unpaired) electrons. The third kappa shape index (κ3) is 3.76. The van der Waals surface area contributed by atoms with Crippen molar-refractivity contribution in [3.8, 4) is 0 Å². The summed E-state index contributed by atoms with van der Waals surface area (Å²) in [5.74, 6) is 3.48. The van der Waals surface area contributed by atoms with E-state index in [2.05, 4.69) is 51.9 Å². The van der Waals surface area contributed by atoms with Crippen LogP contribution in [0, 0.1) is 29.1 Å². The van der Waals surface area contributed by atoms with Crippen molar-refractivity contribution in [2.75, 3.05) is 26.7 Å². The third-order valence-corrected chi connectivity index (χ3v) is 6.02. The SMILES string of the molecule is CNC1CC(C)CC(C)C1CN1CCC(C(C)(C)C)C1. The Labute approximate surface area is 126 Å². The molecule has 1 aliphatic carbocycles. The first kappa shape index (κ1) is 16.3. The molecule has 2 fully saturated rings. The molecule has 0 spiro atoms. The first-order chi connectivity index (χ1) is 9.31. The minimum Gasteiger partial charge on any atom is -0.317 e. The third-order valence-electron chi connectivity index (χ3n) is 6.02. The van der Waals surface area contributed by atoms with E-state index in [9.17, 15) is 0 Å². The number of nitrogens with one attached hydrogen (secondary N) is 1. The van der Waals surface area contributed by atoms with Crippen molar-refractivity contribution >= 4 is 0 Å². The second-order valence-corrected chi connectivity index (χ2v) is 8.72. The summed E-state index contributed by atoms with van der Waals surface area (Å²) < 4.78 is 0. The van der Waals surface area contributed by atoms with E-state index in [1.165, 1.54) is 38.9 Å². The summed E-state index contributed by atoms with van der Waals surface area (Å²) in [5, 5.41) is 3.60. The van der Waals surface area contributed by atoms with Gasteiger partial charge in [-0.25, -0.2) is 0 Å². The largest absolute Gasteiger partial charge is 0.317 e. The molecule has 1 saturated heterocycles. The second kappa shape index (κ2) is 6.36. The molecule has 2 aliphatic rings. The number of nitrogens with zero attached hydrogens (tertiary/aromatic N) is 1. The summed E-state index contributed by atoms with van der Waals surface area (Å²) in [6.45, 7) is 16.1. The quantitative estimate of drug-likeness (QED) is 0.849. The highest BCUT2D eigenvalue weighted by molar-refractivity contribution is 4.91. The molecular weight excluding hydrogens is 244 g/mol. The van der Waals surface area contributed by atoms with E-state index in [-0.39, 0.29) is 0 Å². The van der Waals surface area contributed by atoms with Gasteiger partial charge in [0.1, 0.15) is 0 Å². The smallest absolute Gasteiger partial charge is 0.0110 e. The standard InChI is InChI=1S/C18H36N2/c1-13-9-14(2)16(17(10-13)19-6)12-20-8-7-15(11-20)18(3,4)5/h13-17,19H,7-12H2,1-6H3. The van der Waals surface area contributed by atoms with Gasteiger partial charge in [-0.05, 0) is 61.9 Å². The van der Waals surface area contributed by atoms with E-state index in [4.69, 9.17) is 0 Å². The van der Waals surface area contributed by atoms with Crippen LogP contribution < -0.4 is 5.32 Å². The number of rotatable bonds is 3. The Kier molecular flexibility index (Phi) is 5.18. The fourth-order valence-corrected chi connectivity index (χ4v) is 4.55. The summed E-state index contributed by atoms with van der Waals surface area (Å²) in [5.41, 5.74) is 0.476. The zero-order valence-electron chi connectivity index (χ0n) is 14.6. The molecule has 0 aromatic heterocycles. The fourth-order valence-electron chi connectivity index (χ4n) is 4.55. The Morgan fingerprint density at radius 3 is 2.40 bits per heavy atom. The Morgan fingerprint density at radius 2 is 1.85 bits per heavy atom. The predicted octanol–water partition coefficient (Wildman–Crippen LogP) is 3.62. The van der Waals surface area contributed by atoms with Crippen LogP contribution in [0.15, 0.2) is 0 Å². The van der Waals surface area contributed by atoms with E-state index in [1.807, 2.05) is 0 Å². The van der Waals surface area contributed by atoms with Crippen LogP contribution in [0.25, 0.3) is 0 Å². The molecule has 0 aromatic carbocycles. The fraction of sp³-hybridized carbons (Fsp3) is 1.00. The summed E-state index contributed by atoms with van der Waals surface area (Å²) in [6, 6.07) is 0.724. The van der Waals surface area contributed by atoms with Crippen LogP contribution >= 0.6 is 0 Å². The van der Waals surface area contributed by atoms with Gasteiger partial charge in [0.25, 0.3) is 0 Å². The van der Waals surface area contributed by atoms with E-state index in [0.29, 0.717) is 5.41 Å². The molecule has 0 amide bonds. The van der Waals surface area contributed by atoms with Gasteiger partial charge in [0.2, 0.25) is 0 Å². The molecule has 118 valence electrons. The van der Waals surface area contributed by atoms with Crippen LogP contribution in [0.2, 0.25) is 0 Å². The van der Waals surface area contributed by atoms with Crippen molar-refractivity contribution < 1.29 is 0 Å². The van der Waals surface area contributed by atoms with Crippen molar-refractivity contribution in [2.45, 2.75) is 59.9 Å². The van der Waals surface area contributed by atoms with Gasteiger partial charge in [-0.2, -0.15) is 0 Å². The molecule has 1 saturated carbocycles. The molecule has 5 unspecified atom stereocenters. The lowest BCUT2D eigenvalue weighted by atomic mass is 9.72. The molecule has 1 heterocycles. The maximum absolute atomic E-state index is 3.60. The van der Waals surface area contributed by atoms with Crippen LogP contribution in [-0.4, -0.2) is 37.6 Å². The molecule has 1 N–H and O–H groups in total. The van der Waals surface area contributed by atoms with Gasteiger partial charge in [0.05, 0.1) is 0 Å². The van der Waals surface area contributed by atoms with Gasteiger partial charge in [-0.1, -0.05) is 34.6 Å². The summed E-state index contributed by atoms with van der Waals surface area (Å²) >= 11 is 0. The number of hydrogen-bond donors (Lipinski definition) is 1. The first-order valence-corrected chi connectivity index (χ1v) is 8.71. The predicted molar refractivity (Wildman–Crippen MR) is 87.9 cm³/mol. The summed E-state index contributed by atoms with van der Waals surface area (Å²) in [6.07, 6.45) is 4.17. The van der Waals surface area contributed by atoms with Crippen molar-refractivity contribution in [3.63, 3.8) is 0 Å². The summed E-state index contributed by atoms with van der Waals surface area (Å²) in [7, 11) is 2.16. The lowest BCUT2D eigenvalue weighted by Crippen LogP contribution is -2.47. The molecular formula is C18H36N2. The number of hydrogen-bond acceptors (Lipinski definition) is 2. The molecule has 2 nitrogen and oxygen atoms in total. The lowest BCUT2D eigenvalue weighted by Gasteiger charge is -2.41. The first-order valence-electron chi connectivity index (χ1n) is 8.71. The highest BCUT2D eigenvalue weighted by Gasteiger charge is 2.37. The van der Waals surface area contributed by atoms with Crippen molar-refractivity contribution in [2.24, 2.45) is 29.1 Å². The van der Waals surface area contributed by atoms with E-state index in [0.717, 1.165) is 29.7 Å². The van der Waals surface area contributed by atoms with Crippen LogP contribution in [0.4, 0.5) is 0 Å². The van der Waals surface area contributed by atoms with E-state index < -0.39 is 0 Å². The van der Waals surface area contributed by atoms with E-state index >= 15 is 0 Å². The zero-order valence-corrected chi connectivity index (χ0v) is 14.6. The average molecular weight is 280 g/mol. The molecule has 0 aromatic rings. The maximum atomic E-state index is 3.60. The van der Waals surface area contributed by atoms with Crippen LogP contribution in [0.5, 0.6) is 0 Å². The molecule has 5 atom stereocenters. The van der Waals surface area contributed by atoms with Crippen LogP contribution in [-0.2, 0) is 0 Å². The van der Waals surface area contributed by atoms with Gasteiger partial charge >= 0.3 is 0 Å². The number of likely N-dealkylation sites (tertiary alicyclic amines) is 1. The highest BCUT2D eigenvalue weighted by Crippen LogP contribution is 2.37. The second-order valence-electron chi connectivity index (χ2n) is 8.72. The van der Waals surface area contributed by atoms with Crippen LogP contribution in [0.3, 0.4) is 0 Å². The maximum Gasteiger partial charge on any atom is 0.0110 e. The molecule has 2 rings (SSSR count). The zero-order chi connectivity index (χ0) is 14.9. The Morgan fingerprint density at radius 1 is 1.15 bits per heavy atom. The van der Waals surface area contributed by atoms with Gasteiger partial charge in [0, 0.05) is 19.1 Å². The molecule has 1 aliphatic heterocycles. The summed E-state index contributed by atoms with van der Waals surface area (Å²) in [4.78, 5) is 2.75. The Hall–Kier alpha value is -0.0800. The van der Waals surface area contributed by atoms with Gasteiger partial charge in [-0.15, -0.1) is 0 Å². The molecule has 2 heteroatoms. The van der Waals surface area contributed by atoms with Crippen molar-refractivity contribution in [3.05, 3.63) is 0 Å². The average Bonchev–Trinajstić information content (AvgIpc) is 2.80. The molecule has 0 bridgehead atoms. The minimum atomic E-state index is 0.476. The van der Waals surface area contributed by atoms with Gasteiger partial charge in [-0.3, -0.25) is 0 Å². The Bertz CT molecular complexity index is 307. The lowest BCUT2D eigenvalue weighted by molar-refractivity contribution is 0.109. The van der Waals surface area contributed by atoms with Crippen LogP contribution in [0.1, 0.15) is 53.9 Å². The molecule has 20 heavy (non-hydrogen) atoms.